The van der Waals surface area contributed by atoms with Gasteiger partial charge in [-0.25, -0.2) is 4.79 Å². The fraction of sp³-hybridized carbons (Fsp3) is 0.500. The first-order valence-electron chi connectivity index (χ1n) is 7.39. The van der Waals surface area contributed by atoms with Crippen LogP contribution in [0.2, 0.25) is 0 Å². The molecule has 0 radical (unpaired) electrons. The van der Waals surface area contributed by atoms with E-state index in [0.717, 1.165) is 12.8 Å². The third-order valence-corrected chi connectivity index (χ3v) is 4.10. The lowest BCUT2D eigenvalue weighted by Crippen LogP contribution is -2.37. The lowest BCUT2D eigenvalue weighted by molar-refractivity contribution is 0.134. The van der Waals surface area contributed by atoms with Crippen molar-refractivity contribution < 1.29 is 9.90 Å². The van der Waals surface area contributed by atoms with Gasteiger partial charge in [-0.2, -0.15) is 5.26 Å². The summed E-state index contributed by atoms with van der Waals surface area (Å²) in [4.78, 5) is 11.9. The van der Waals surface area contributed by atoms with Crippen molar-refractivity contribution in [2.45, 2.75) is 25.7 Å². The number of carbonyl (C=O) groups excluding carboxylic acids is 1. The molecule has 21 heavy (non-hydrogen) atoms. The molecule has 0 aliphatic heterocycles. The van der Waals surface area contributed by atoms with Crippen LogP contribution in [0.25, 0.3) is 0 Å². The highest BCUT2D eigenvalue weighted by atomic mass is 16.3. The highest BCUT2D eigenvalue weighted by Gasteiger charge is 2.24. The van der Waals surface area contributed by atoms with Crippen molar-refractivity contribution in [3.63, 3.8) is 0 Å². The van der Waals surface area contributed by atoms with E-state index in [1.165, 1.54) is 12.8 Å². The number of rotatable bonds is 4. The van der Waals surface area contributed by atoms with Gasteiger partial charge in [-0.3, -0.25) is 0 Å². The number of benzene rings is 1. The lowest BCUT2D eigenvalue weighted by atomic mass is 9.80. The summed E-state index contributed by atoms with van der Waals surface area (Å²) in [5.74, 6) is 0.657. The number of nitrogens with one attached hydrogen (secondary N) is 2. The van der Waals surface area contributed by atoms with Crippen molar-refractivity contribution in [3.05, 3.63) is 29.8 Å². The Morgan fingerprint density at radius 3 is 2.52 bits per heavy atom. The molecule has 0 heterocycles. The van der Waals surface area contributed by atoms with Crippen LogP contribution < -0.4 is 10.6 Å². The van der Waals surface area contributed by atoms with Gasteiger partial charge in [0.25, 0.3) is 0 Å². The number of amides is 2. The maximum absolute atomic E-state index is 11.9. The van der Waals surface area contributed by atoms with Gasteiger partial charge in [0, 0.05) is 18.8 Å². The van der Waals surface area contributed by atoms with Gasteiger partial charge >= 0.3 is 6.03 Å². The summed E-state index contributed by atoms with van der Waals surface area (Å²) in [5.41, 5.74) is 1.22. The second-order valence-corrected chi connectivity index (χ2v) is 5.51. The van der Waals surface area contributed by atoms with E-state index in [1.807, 2.05) is 6.07 Å². The van der Waals surface area contributed by atoms with Gasteiger partial charge in [0.15, 0.2) is 0 Å². The minimum absolute atomic E-state index is 0.198. The van der Waals surface area contributed by atoms with Gasteiger partial charge in [0.1, 0.15) is 0 Å². The van der Waals surface area contributed by atoms with Crippen LogP contribution in [0.15, 0.2) is 24.3 Å². The number of anilines is 1. The molecule has 0 spiro atoms. The monoisotopic (exact) mass is 287 g/mol. The van der Waals surface area contributed by atoms with Gasteiger partial charge in [-0.1, -0.05) is 12.8 Å². The molecule has 1 fully saturated rings. The van der Waals surface area contributed by atoms with Gasteiger partial charge in [0.05, 0.1) is 11.6 Å². The number of carbonyl (C=O) groups is 1. The molecule has 5 nitrogen and oxygen atoms in total. The predicted octanol–water partition coefficient (Wildman–Crippen LogP) is 2.48. The molecular weight excluding hydrogens is 266 g/mol. The van der Waals surface area contributed by atoms with Crippen LogP contribution in [0.5, 0.6) is 0 Å². The van der Waals surface area contributed by atoms with Crippen LogP contribution >= 0.6 is 0 Å². The average molecular weight is 287 g/mol. The molecule has 5 heteroatoms. The van der Waals surface area contributed by atoms with Crippen molar-refractivity contribution in [2.75, 3.05) is 18.5 Å². The topological polar surface area (TPSA) is 85.2 Å². The summed E-state index contributed by atoms with van der Waals surface area (Å²) in [6, 6.07) is 8.52. The van der Waals surface area contributed by atoms with Crippen LogP contribution in [0, 0.1) is 23.2 Å². The van der Waals surface area contributed by atoms with Crippen molar-refractivity contribution >= 4 is 11.7 Å². The number of aliphatic hydroxyl groups is 1. The quantitative estimate of drug-likeness (QED) is 0.795. The second-order valence-electron chi connectivity index (χ2n) is 5.51. The van der Waals surface area contributed by atoms with Crippen LogP contribution in [0.1, 0.15) is 31.2 Å². The van der Waals surface area contributed by atoms with E-state index in [0.29, 0.717) is 29.6 Å². The summed E-state index contributed by atoms with van der Waals surface area (Å²) < 4.78 is 0. The Balaban J connectivity index is 1.80. The maximum atomic E-state index is 11.9. The summed E-state index contributed by atoms with van der Waals surface area (Å²) >= 11 is 0. The number of nitriles is 1. The lowest BCUT2D eigenvalue weighted by Gasteiger charge is -2.30. The number of urea groups is 1. The molecule has 1 aromatic carbocycles. The molecule has 0 saturated heterocycles. The Kier molecular flexibility index (Phi) is 5.59. The van der Waals surface area contributed by atoms with E-state index in [9.17, 15) is 9.90 Å². The molecule has 112 valence electrons. The zero-order chi connectivity index (χ0) is 15.1. The average Bonchev–Trinajstić information content (AvgIpc) is 2.54. The summed E-state index contributed by atoms with van der Waals surface area (Å²) in [7, 11) is 0. The van der Waals surface area contributed by atoms with E-state index in [4.69, 9.17) is 5.26 Å². The molecule has 2 rings (SSSR count). The van der Waals surface area contributed by atoms with E-state index >= 15 is 0 Å². The summed E-state index contributed by atoms with van der Waals surface area (Å²) in [5, 5.41) is 23.7. The highest BCUT2D eigenvalue weighted by molar-refractivity contribution is 5.89. The number of aliphatic hydroxyl groups excluding tert-OH is 1. The van der Waals surface area contributed by atoms with Crippen LogP contribution in [0.3, 0.4) is 0 Å². The Hall–Kier alpha value is -2.06. The van der Waals surface area contributed by atoms with Crippen molar-refractivity contribution in [1.82, 2.24) is 5.32 Å². The predicted molar refractivity (Wildman–Crippen MR) is 80.7 cm³/mol. The molecule has 2 amide bonds. The third-order valence-electron chi connectivity index (χ3n) is 4.10. The van der Waals surface area contributed by atoms with Gasteiger partial charge in [0.2, 0.25) is 0 Å². The fourth-order valence-electron chi connectivity index (χ4n) is 2.82. The van der Waals surface area contributed by atoms with E-state index < -0.39 is 0 Å². The Labute approximate surface area is 125 Å². The minimum atomic E-state index is -0.248. The molecule has 1 aromatic rings. The first-order chi connectivity index (χ1) is 10.2. The van der Waals surface area contributed by atoms with Crippen molar-refractivity contribution in [3.8, 4) is 6.07 Å². The van der Waals surface area contributed by atoms with Crippen LogP contribution in [-0.4, -0.2) is 24.3 Å². The first kappa shape index (κ1) is 15.3. The standard InChI is InChI=1S/C16H21N3O2/c17-9-12-5-7-15(8-6-12)19-16(21)18-10-13-3-1-2-4-14(13)11-20/h5-8,13-14,20H,1-4,10-11H2,(H2,18,19,21). The molecule has 0 bridgehead atoms. The van der Waals surface area contributed by atoms with Gasteiger partial charge < -0.3 is 15.7 Å². The largest absolute Gasteiger partial charge is 0.396 e. The third kappa shape index (κ3) is 4.47. The molecule has 1 aliphatic rings. The van der Waals surface area contributed by atoms with Crippen molar-refractivity contribution in [2.24, 2.45) is 11.8 Å². The zero-order valence-electron chi connectivity index (χ0n) is 12.0. The Morgan fingerprint density at radius 1 is 1.24 bits per heavy atom. The van der Waals surface area contributed by atoms with E-state index in [2.05, 4.69) is 10.6 Å². The molecule has 1 saturated carbocycles. The minimum Gasteiger partial charge on any atom is -0.396 e. The number of hydrogen-bond acceptors (Lipinski definition) is 3. The smallest absolute Gasteiger partial charge is 0.319 e. The highest BCUT2D eigenvalue weighted by Crippen LogP contribution is 2.29. The van der Waals surface area contributed by atoms with E-state index in [1.54, 1.807) is 24.3 Å². The van der Waals surface area contributed by atoms with E-state index in [-0.39, 0.29) is 12.6 Å². The second kappa shape index (κ2) is 7.65. The molecule has 3 N–H and O–H groups in total. The molecule has 2 atom stereocenters. The normalized spacial score (nSPS) is 21.3. The van der Waals surface area contributed by atoms with Crippen molar-refractivity contribution in [1.29, 1.82) is 5.26 Å². The number of nitrogens with zero attached hydrogens (tertiary/aromatic N) is 1. The van der Waals surface area contributed by atoms with Gasteiger partial charge in [-0.05, 0) is 48.9 Å². The van der Waals surface area contributed by atoms with Gasteiger partial charge in [-0.15, -0.1) is 0 Å². The zero-order valence-corrected chi connectivity index (χ0v) is 12.0. The summed E-state index contributed by atoms with van der Waals surface area (Å²) in [6.07, 6.45) is 4.43. The van der Waals surface area contributed by atoms with Crippen LogP contribution in [0.4, 0.5) is 10.5 Å². The number of hydrogen-bond donors (Lipinski definition) is 3. The molecule has 1 aliphatic carbocycles. The molecule has 2 unspecified atom stereocenters. The Bertz CT molecular complexity index is 507. The first-order valence-corrected chi connectivity index (χ1v) is 7.39. The maximum Gasteiger partial charge on any atom is 0.319 e. The SMILES string of the molecule is N#Cc1ccc(NC(=O)NCC2CCCCC2CO)cc1. The Morgan fingerprint density at radius 2 is 1.90 bits per heavy atom. The summed E-state index contributed by atoms with van der Waals surface area (Å²) in [6.45, 7) is 0.789. The fourth-order valence-corrected chi connectivity index (χ4v) is 2.82. The molecular formula is C16H21N3O2. The van der Waals surface area contributed by atoms with Crippen LogP contribution in [-0.2, 0) is 0 Å². The molecule has 0 aromatic heterocycles.